The molecule has 1 aliphatic heterocycles. The average Bonchev–Trinajstić information content (AvgIpc) is 3.24. The first-order valence-corrected chi connectivity index (χ1v) is 11.9. The summed E-state index contributed by atoms with van der Waals surface area (Å²) in [6.45, 7) is 0.528. The molecule has 0 spiro atoms. The van der Waals surface area contributed by atoms with Crippen molar-refractivity contribution in [1.82, 2.24) is 0 Å². The monoisotopic (exact) mass is 460 g/mol. The Morgan fingerprint density at radius 2 is 1.84 bits per heavy atom. The smallest absolute Gasteiger partial charge is 0.132 e. The Balaban J connectivity index is 1.45. The SMILES string of the molecule is COCC1(Oc2ccc(Cc3cc(C4CC(O)CC(CO)O4)ccc3Cl)cc2)CCCC1. The summed E-state index contributed by atoms with van der Waals surface area (Å²) in [5.41, 5.74) is 2.92. The normalized spacial score (nSPS) is 25.1. The molecule has 3 atom stereocenters. The minimum absolute atomic E-state index is 0.0892. The number of halogens is 1. The highest BCUT2D eigenvalue weighted by molar-refractivity contribution is 6.31. The van der Waals surface area contributed by atoms with Crippen LogP contribution < -0.4 is 4.74 Å². The van der Waals surface area contributed by atoms with Crippen molar-refractivity contribution in [3.63, 3.8) is 0 Å². The molecule has 2 aromatic carbocycles. The summed E-state index contributed by atoms with van der Waals surface area (Å²) < 4.78 is 17.7. The number of hydrogen-bond donors (Lipinski definition) is 2. The van der Waals surface area contributed by atoms with E-state index in [2.05, 4.69) is 18.2 Å². The van der Waals surface area contributed by atoms with Gasteiger partial charge in [0.2, 0.25) is 0 Å². The van der Waals surface area contributed by atoms with E-state index in [1.54, 1.807) is 7.11 Å². The average molecular weight is 461 g/mol. The lowest BCUT2D eigenvalue weighted by Crippen LogP contribution is -2.37. The summed E-state index contributed by atoms with van der Waals surface area (Å²) in [4.78, 5) is 0. The molecule has 0 bridgehead atoms. The van der Waals surface area contributed by atoms with Crippen LogP contribution in [0.25, 0.3) is 0 Å². The molecule has 0 aromatic heterocycles. The van der Waals surface area contributed by atoms with Crippen molar-refractivity contribution >= 4 is 11.6 Å². The highest BCUT2D eigenvalue weighted by Gasteiger charge is 2.36. The van der Waals surface area contributed by atoms with Crippen molar-refractivity contribution in [3.8, 4) is 5.75 Å². The lowest BCUT2D eigenvalue weighted by molar-refractivity contribution is -0.113. The van der Waals surface area contributed by atoms with Crippen molar-refractivity contribution < 1.29 is 24.4 Å². The van der Waals surface area contributed by atoms with Crippen LogP contribution in [-0.4, -0.2) is 48.3 Å². The molecular formula is C26H33ClO5. The molecule has 6 heteroatoms. The summed E-state index contributed by atoms with van der Waals surface area (Å²) in [5.74, 6) is 0.868. The van der Waals surface area contributed by atoms with E-state index in [9.17, 15) is 10.2 Å². The van der Waals surface area contributed by atoms with E-state index in [1.165, 1.54) is 12.8 Å². The quantitative estimate of drug-likeness (QED) is 0.589. The largest absolute Gasteiger partial charge is 0.485 e. The van der Waals surface area contributed by atoms with Crippen LogP contribution in [0.3, 0.4) is 0 Å². The number of rotatable bonds is 8. The number of aliphatic hydroxyl groups excluding tert-OH is 2. The van der Waals surface area contributed by atoms with E-state index in [-0.39, 0.29) is 24.4 Å². The van der Waals surface area contributed by atoms with E-state index in [1.807, 2.05) is 24.3 Å². The zero-order valence-electron chi connectivity index (χ0n) is 18.6. The summed E-state index contributed by atoms with van der Waals surface area (Å²) in [5, 5.41) is 20.3. The Morgan fingerprint density at radius 3 is 2.53 bits per heavy atom. The van der Waals surface area contributed by atoms with Gasteiger partial charge < -0.3 is 24.4 Å². The van der Waals surface area contributed by atoms with Gasteiger partial charge in [-0.3, -0.25) is 0 Å². The lowest BCUT2D eigenvalue weighted by atomic mass is 9.94. The van der Waals surface area contributed by atoms with Crippen molar-refractivity contribution in [3.05, 3.63) is 64.2 Å². The molecule has 0 amide bonds. The highest BCUT2D eigenvalue weighted by Crippen LogP contribution is 2.36. The Hall–Kier alpha value is -1.63. The van der Waals surface area contributed by atoms with E-state index < -0.39 is 6.10 Å². The van der Waals surface area contributed by atoms with Gasteiger partial charge in [0.25, 0.3) is 0 Å². The third-order valence-electron chi connectivity index (χ3n) is 6.60. The number of hydrogen-bond acceptors (Lipinski definition) is 5. The summed E-state index contributed by atoms with van der Waals surface area (Å²) in [6, 6.07) is 14.1. The lowest BCUT2D eigenvalue weighted by Gasteiger charge is -2.32. The van der Waals surface area contributed by atoms with E-state index >= 15 is 0 Å². The second-order valence-electron chi connectivity index (χ2n) is 9.15. The number of ether oxygens (including phenoxy) is 3. The van der Waals surface area contributed by atoms with Gasteiger partial charge in [-0.2, -0.15) is 0 Å². The van der Waals surface area contributed by atoms with Crippen LogP contribution in [0.5, 0.6) is 5.75 Å². The fourth-order valence-electron chi connectivity index (χ4n) is 4.96. The molecule has 0 radical (unpaired) electrons. The maximum absolute atomic E-state index is 10.1. The zero-order chi connectivity index (χ0) is 22.6. The molecule has 2 fully saturated rings. The van der Waals surface area contributed by atoms with Gasteiger partial charge >= 0.3 is 0 Å². The molecule has 3 unspecified atom stereocenters. The molecule has 32 heavy (non-hydrogen) atoms. The highest BCUT2D eigenvalue weighted by atomic mass is 35.5. The maximum Gasteiger partial charge on any atom is 0.132 e. The number of methoxy groups -OCH3 is 1. The van der Waals surface area contributed by atoms with Gasteiger partial charge in [-0.1, -0.05) is 35.9 Å². The van der Waals surface area contributed by atoms with Crippen molar-refractivity contribution in [1.29, 1.82) is 0 Å². The molecule has 1 heterocycles. The first kappa shape index (κ1) is 23.5. The molecule has 4 rings (SSSR count). The van der Waals surface area contributed by atoms with Crippen molar-refractivity contribution in [2.75, 3.05) is 20.3 Å². The minimum Gasteiger partial charge on any atom is -0.485 e. The van der Waals surface area contributed by atoms with Crippen LogP contribution >= 0.6 is 11.6 Å². The Kier molecular flexibility index (Phi) is 7.74. The molecule has 5 nitrogen and oxygen atoms in total. The zero-order valence-corrected chi connectivity index (χ0v) is 19.4. The molecule has 2 aromatic rings. The van der Waals surface area contributed by atoms with Crippen LogP contribution in [-0.2, 0) is 15.9 Å². The Bertz CT molecular complexity index is 878. The Morgan fingerprint density at radius 1 is 1.09 bits per heavy atom. The van der Waals surface area contributed by atoms with E-state index in [0.717, 1.165) is 35.3 Å². The Labute approximate surface area is 195 Å². The standard InChI is InChI=1S/C26H33ClO5/c1-30-17-26(10-2-3-11-26)32-22-7-4-18(5-8-22)12-20-13-19(6-9-24(20)27)25-15-21(29)14-23(16-28)31-25/h4-9,13,21,23,25,28-29H,2-3,10-12,14-17H2,1H3. The van der Waals surface area contributed by atoms with Gasteiger partial charge in [-0.25, -0.2) is 0 Å². The van der Waals surface area contributed by atoms with E-state index in [0.29, 0.717) is 30.9 Å². The molecule has 2 aliphatic rings. The summed E-state index contributed by atoms with van der Waals surface area (Å²) in [6.07, 6.45) is 5.03. The summed E-state index contributed by atoms with van der Waals surface area (Å²) >= 11 is 6.50. The van der Waals surface area contributed by atoms with Gasteiger partial charge in [-0.05, 0) is 67.0 Å². The second-order valence-corrected chi connectivity index (χ2v) is 9.56. The first-order chi connectivity index (χ1) is 15.5. The van der Waals surface area contributed by atoms with Crippen molar-refractivity contribution in [2.24, 2.45) is 0 Å². The van der Waals surface area contributed by atoms with Gasteiger partial charge in [0.05, 0.1) is 31.5 Å². The molecule has 2 N–H and O–H groups in total. The van der Waals surface area contributed by atoms with Gasteiger partial charge in [0.15, 0.2) is 0 Å². The molecule has 1 aliphatic carbocycles. The fourth-order valence-corrected chi connectivity index (χ4v) is 5.14. The fraction of sp³-hybridized carbons (Fsp3) is 0.538. The van der Waals surface area contributed by atoms with Crippen LogP contribution in [0.2, 0.25) is 5.02 Å². The molecular weight excluding hydrogens is 428 g/mol. The third kappa shape index (κ3) is 5.64. The van der Waals surface area contributed by atoms with Crippen LogP contribution in [0.15, 0.2) is 42.5 Å². The van der Waals surface area contributed by atoms with Gasteiger partial charge in [0.1, 0.15) is 11.4 Å². The molecule has 174 valence electrons. The maximum atomic E-state index is 10.1. The predicted octanol–water partition coefficient (Wildman–Crippen LogP) is 4.84. The van der Waals surface area contributed by atoms with Gasteiger partial charge in [0, 0.05) is 25.0 Å². The predicted molar refractivity (Wildman–Crippen MR) is 124 cm³/mol. The van der Waals surface area contributed by atoms with Crippen LogP contribution in [0.1, 0.15) is 61.3 Å². The number of aliphatic hydroxyl groups is 2. The first-order valence-electron chi connectivity index (χ1n) is 11.5. The molecule has 1 saturated heterocycles. The van der Waals surface area contributed by atoms with E-state index in [4.69, 9.17) is 25.8 Å². The number of benzene rings is 2. The van der Waals surface area contributed by atoms with Gasteiger partial charge in [-0.15, -0.1) is 0 Å². The third-order valence-corrected chi connectivity index (χ3v) is 6.97. The minimum atomic E-state index is -0.473. The molecule has 1 saturated carbocycles. The topological polar surface area (TPSA) is 68.2 Å². The van der Waals surface area contributed by atoms with Crippen LogP contribution in [0, 0.1) is 0 Å². The summed E-state index contributed by atoms with van der Waals surface area (Å²) in [7, 11) is 1.73. The van der Waals surface area contributed by atoms with Crippen LogP contribution in [0.4, 0.5) is 0 Å². The second kappa shape index (κ2) is 10.5. The van der Waals surface area contributed by atoms with Crippen molar-refractivity contribution in [2.45, 2.75) is 68.9 Å².